The van der Waals surface area contributed by atoms with Crippen molar-refractivity contribution in [2.75, 3.05) is 26.2 Å². The van der Waals surface area contributed by atoms with Crippen molar-refractivity contribution >= 4 is 6.09 Å². The molecule has 2 saturated heterocycles. The largest absolute Gasteiger partial charge is 0.444 e. The number of hydrogen-bond acceptors (Lipinski definition) is 3. The molecular formula is C13H21F3N2O2. The quantitative estimate of drug-likeness (QED) is 0.746. The van der Waals surface area contributed by atoms with Gasteiger partial charge in [-0.05, 0) is 27.2 Å². The average molecular weight is 294 g/mol. The van der Waals surface area contributed by atoms with E-state index in [-0.39, 0.29) is 26.1 Å². The van der Waals surface area contributed by atoms with E-state index >= 15 is 0 Å². The van der Waals surface area contributed by atoms with E-state index in [2.05, 4.69) is 5.32 Å². The number of carbonyl (C=O) groups is 1. The smallest absolute Gasteiger partial charge is 0.410 e. The second kappa shape index (κ2) is 4.79. The summed E-state index contributed by atoms with van der Waals surface area (Å²) in [6, 6.07) is 0. The zero-order valence-corrected chi connectivity index (χ0v) is 12.0. The number of hydrogen-bond donors (Lipinski definition) is 1. The molecule has 0 aromatic heterocycles. The molecule has 7 heteroatoms. The van der Waals surface area contributed by atoms with E-state index in [1.807, 2.05) is 0 Å². The number of amides is 1. The third kappa shape index (κ3) is 2.73. The van der Waals surface area contributed by atoms with Crippen LogP contribution < -0.4 is 5.32 Å². The maximum Gasteiger partial charge on any atom is 0.410 e. The van der Waals surface area contributed by atoms with Crippen molar-refractivity contribution < 1.29 is 22.7 Å². The van der Waals surface area contributed by atoms with Gasteiger partial charge in [0.15, 0.2) is 0 Å². The maximum absolute atomic E-state index is 13.3. The van der Waals surface area contributed by atoms with Crippen LogP contribution in [0.3, 0.4) is 0 Å². The van der Waals surface area contributed by atoms with Crippen molar-refractivity contribution in [1.29, 1.82) is 0 Å². The van der Waals surface area contributed by atoms with Gasteiger partial charge in [-0.1, -0.05) is 0 Å². The zero-order valence-electron chi connectivity index (χ0n) is 12.0. The summed E-state index contributed by atoms with van der Waals surface area (Å²) in [7, 11) is 0. The number of alkyl halides is 3. The van der Waals surface area contributed by atoms with Crippen LogP contribution in [0.5, 0.6) is 0 Å². The molecule has 4 nitrogen and oxygen atoms in total. The van der Waals surface area contributed by atoms with Crippen molar-refractivity contribution in [2.24, 2.45) is 11.3 Å². The fourth-order valence-corrected chi connectivity index (χ4v) is 3.00. The van der Waals surface area contributed by atoms with Crippen molar-refractivity contribution in [1.82, 2.24) is 10.2 Å². The van der Waals surface area contributed by atoms with Gasteiger partial charge in [-0.25, -0.2) is 4.79 Å². The van der Waals surface area contributed by atoms with Crippen molar-refractivity contribution in [3.05, 3.63) is 0 Å². The van der Waals surface area contributed by atoms with Gasteiger partial charge >= 0.3 is 12.3 Å². The lowest BCUT2D eigenvalue weighted by molar-refractivity contribution is -0.242. The first kappa shape index (κ1) is 15.4. The molecule has 2 heterocycles. The third-order valence-electron chi connectivity index (χ3n) is 4.10. The predicted molar refractivity (Wildman–Crippen MR) is 67.3 cm³/mol. The Morgan fingerprint density at radius 1 is 1.35 bits per heavy atom. The number of rotatable bonds is 0. The van der Waals surface area contributed by atoms with Crippen LogP contribution in [-0.2, 0) is 4.74 Å². The lowest BCUT2D eigenvalue weighted by Crippen LogP contribution is -2.55. The summed E-state index contributed by atoms with van der Waals surface area (Å²) in [4.78, 5) is 13.4. The predicted octanol–water partition coefficient (Wildman–Crippen LogP) is 2.40. The number of nitrogens with zero attached hydrogens (tertiary/aromatic N) is 1. The second-order valence-corrected chi connectivity index (χ2v) is 6.66. The van der Waals surface area contributed by atoms with Crippen LogP contribution in [0.25, 0.3) is 0 Å². The van der Waals surface area contributed by atoms with Crippen LogP contribution in [0.1, 0.15) is 27.2 Å². The topological polar surface area (TPSA) is 41.6 Å². The molecule has 0 radical (unpaired) electrons. The number of likely N-dealkylation sites (tertiary alicyclic amines) is 1. The molecule has 116 valence electrons. The van der Waals surface area contributed by atoms with Gasteiger partial charge in [-0.3, -0.25) is 0 Å². The average Bonchev–Trinajstić information content (AvgIpc) is 2.69. The van der Waals surface area contributed by atoms with Crippen LogP contribution in [0.15, 0.2) is 0 Å². The number of carbonyl (C=O) groups excluding carboxylic acids is 1. The van der Waals surface area contributed by atoms with Crippen LogP contribution in [0, 0.1) is 11.3 Å². The molecule has 0 saturated carbocycles. The molecule has 0 spiro atoms. The molecule has 0 bridgehead atoms. The summed E-state index contributed by atoms with van der Waals surface area (Å²) in [5.74, 6) is -0.594. The van der Waals surface area contributed by atoms with E-state index in [1.165, 1.54) is 4.90 Å². The SMILES string of the molecule is CC(C)(C)OC(=O)N1CCC2(C(F)(F)F)CNCC2C1. The first-order chi connectivity index (χ1) is 9.05. The molecule has 1 N–H and O–H groups in total. The Morgan fingerprint density at radius 3 is 2.55 bits per heavy atom. The minimum atomic E-state index is -4.23. The summed E-state index contributed by atoms with van der Waals surface area (Å²) in [6.45, 7) is 5.65. The minimum absolute atomic E-state index is 0.0523. The van der Waals surface area contributed by atoms with Gasteiger partial charge in [0.05, 0.1) is 5.41 Å². The highest BCUT2D eigenvalue weighted by atomic mass is 19.4. The first-order valence-corrected chi connectivity index (χ1v) is 6.80. The molecule has 1 amide bonds. The van der Waals surface area contributed by atoms with Gasteiger partial charge in [0.25, 0.3) is 0 Å². The molecule has 0 aromatic carbocycles. The standard InChI is InChI=1S/C13H21F3N2O2/c1-11(2,3)20-10(19)18-5-4-12(13(14,15)16)8-17-6-9(12)7-18/h9,17H,4-8H2,1-3H3. The Hall–Kier alpha value is -0.980. The lowest BCUT2D eigenvalue weighted by Gasteiger charge is -2.44. The van der Waals surface area contributed by atoms with E-state index in [0.717, 1.165) is 0 Å². The second-order valence-electron chi connectivity index (χ2n) is 6.66. The van der Waals surface area contributed by atoms with Crippen LogP contribution in [0.2, 0.25) is 0 Å². The van der Waals surface area contributed by atoms with Crippen LogP contribution >= 0.6 is 0 Å². The molecular weight excluding hydrogens is 273 g/mol. The highest BCUT2D eigenvalue weighted by molar-refractivity contribution is 5.68. The number of fused-ring (bicyclic) bond motifs is 1. The van der Waals surface area contributed by atoms with Crippen molar-refractivity contribution in [2.45, 2.75) is 39.0 Å². The Labute approximate surface area is 116 Å². The Morgan fingerprint density at radius 2 is 2.00 bits per heavy atom. The van der Waals surface area contributed by atoms with Gasteiger partial charge in [0, 0.05) is 32.1 Å². The van der Waals surface area contributed by atoms with Crippen LogP contribution in [-0.4, -0.2) is 48.9 Å². The van der Waals surface area contributed by atoms with E-state index in [9.17, 15) is 18.0 Å². The lowest BCUT2D eigenvalue weighted by atomic mass is 9.72. The molecule has 0 aliphatic carbocycles. The fourth-order valence-electron chi connectivity index (χ4n) is 3.00. The monoisotopic (exact) mass is 294 g/mol. The number of piperidine rings is 1. The number of ether oxygens (including phenoxy) is 1. The van der Waals surface area contributed by atoms with E-state index < -0.39 is 29.2 Å². The molecule has 2 unspecified atom stereocenters. The maximum atomic E-state index is 13.3. The molecule has 2 atom stereocenters. The van der Waals surface area contributed by atoms with Gasteiger partial charge in [-0.15, -0.1) is 0 Å². The van der Waals surface area contributed by atoms with Gasteiger partial charge in [0.1, 0.15) is 5.60 Å². The minimum Gasteiger partial charge on any atom is -0.444 e. The highest BCUT2D eigenvalue weighted by Gasteiger charge is 2.62. The molecule has 2 fully saturated rings. The van der Waals surface area contributed by atoms with Gasteiger partial charge in [0.2, 0.25) is 0 Å². The summed E-state index contributed by atoms with van der Waals surface area (Å²) in [5.41, 5.74) is -2.32. The number of halogens is 3. The third-order valence-corrected chi connectivity index (χ3v) is 4.10. The van der Waals surface area contributed by atoms with Gasteiger partial charge < -0.3 is 15.0 Å². The first-order valence-electron chi connectivity index (χ1n) is 6.80. The molecule has 20 heavy (non-hydrogen) atoms. The van der Waals surface area contributed by atoms with E-state index in [0.29, 0.717) is 6.54 Å². The Kier molecular flexibility index (Phi) is 3.69. The molecule has 0 aromatic rings. The van der Waals surface area contributed by atoms with Gasteiger partial charge in [-0.2, -0.15) is 13.2 Å². The Balaban J connectivity index is 2.07. The molecule has 2 rings (SSSR count). The van der Waals surface area contributed by atoms with Crippen LogP contribution in [0.4, 0.5) is 18.0 Å². The van der Waals surface area contributed by atoms with E-state index in [1.54, 1.807) is 20.8 Å². The Bertz CT molecular complexity index is 392. The zero-order chi connectivity index (χ0) is 15.2. The number of nitrogens with one attached hydrogen (secondary N) is 1. The molecule has 2 aliphatic rings. The summed E-state index contributed by atoms with van der Waals surface area (Å²) < 4.78 is 45.2. The fraction of sp³-hybridized carbons (Fsp3) is 0.923. The highest BCUT2D eigenvalue weighted by Crippen LogP contribution is 2.51. The van der Waals surface area contributed by atoms with Crippen molar-refractivity contribution in [3.8, 4) is 0 Å². The summed E-state index contributed by atoms with van der Waals surface area (Å²) in [5, 5.41) is 2.82. The summed E-state index contributed by atoms with van der Waals surface area (Å²) in [6.07, 6.45) is -4.82. The van der Waals surface area contributed by atoms with Crippen molar-refractivity contribution in [3.63, 3.8) is 0 Å². The van der Waals surface area contributed by atoms with E-state index in [4.69, 9.17) is 4.74 Å². The summed E-state index contributed by atoms with van der Waals surface area (Å²) >= 11 is 0. The molecule has 2 aliphatic heterocycles. The normalized spacial score (nSPS) is 31.1.